The molecule has 0 saturated carbocycles. The Morgan fingerprint density at radius 2 is 1.65 bits per heavy atom. The number of anilines is 4. The van der Waals surface area contributed by atoms with Gasteiger partial charge in [-0.2, -0.15) is 0 Å². The third-order valence-electron chi connectivity index (χ3n) is 4.92. The SMILES string of the molecule is COc1cccc(N2CC(OC(=O)Nc3ccc(Nc4ccccc4)cc3)CC2=O)c1. The van der Waals surface area contributed by atoms with Crippen LogP contribution in [0.25, 0.3) is 0 Å². The summed E-state index contributed by atoms with van der Waals surface area (Å²) < 4.78 is 10.7. The molecule has 7 heteroatoms. The standard InChI is InChI=1S/C24H23N3O4/c1-30-21-9-5-8-20(14-21)27-16-22(15-23(27)28)31-24(29)26-19-12-10-18(11-13-19)25-17-6-3-2-4-7-17/h2-14,22,25H,15-16H2,1H3,(H,26,29). The predicted molar refractivity (Wildman–Crippen MR) is 120 cm³/mol. The van der Waals surface area contributed by atoms with Crippen molar-refractivity contribution in [3.8, 4) is 5.75 Å². The average Bonchev–Trinajstić information content (AvgIpc) is 3.15. The van der Waals surface area contributed by atoms with Crippen molar-refractivity contribution in [3.05, 3.63) is 78.9 Å². The molecule has 0 bridgehead atoms. The number of hydrogen-bond donors (Lipinski definition) is 2. The van der Waals surface area contributed by atoms with E-state index in [9.17, 15) is 9.59 Å². The number of benzene rings is 3. The van der Waals surface area contributed by atoms with Crippen molar-refractivity contribution in [1.82, 2.24) is 0 Å². The topological polar surface area (TPSA) is 79.9 Å². The highest BCUT2D eigenvalue weighted by Crippen LogP contribution is 2.27. The second-order valence-electron chi connectivity index (χ2n) is 7.13. The van der Waals surface area contributed by atoms with E-state index < -0.39 is 12.2 Å². The van der Waals surface area contributed by atoms with Gasteiger partial charge in [0.15, 0.2) is 0 Å². The van der Waals surface area contributed by atoms with E-state index in [1.165, 1.54) is 0 Å². The van der Waals surface area contributed by atoms with Gasteiger partial charge in [-0.25, -0.2) is 4.79 Å². The number of nitrogens with zero attached hydrogens (tertiary/aromatic N) is 1. The highest BCUT2D eigenvalue weighted by atomic mass is 16.6. The molecule has 1 saturated heterocycles. The minimum atomic E-state index is -0.589. The molecule has 1 atom stereocenters. The minimum absolute atomic E-state index is 0.0950. The minimum Gasteiger partial charge on any atom is -0.497 e. The Bertz CT molecular complexity index is 1050. The number of rotatable bonds is 6. The highest BCUT2D eigenvalue weighted by Gasteiger charge is 2.33. The van der Waals surface area contributed by atoms with Gasteiger partial charge in [0.1, 0.15) is 11.9 Å². The first kappa shape index (κ1) is 20.3. The number of ether oxygens (including phenoxy) is 2. The van der Waals surface area contributed by atoms with E-state index in [1.807, 2.05) is 60.7 Å². The molecule has 1 unspecified atom stereocenters. The Morgan fingerprint density at radius 3 is 2.39 bits per heavy atom. The third-order valence-corrected chi connectivity index (χ3v) is 4.92. The van der Waals surface area contributed by atoms with Gasteiger partial charge in [-0.05, 0) is 48.5 Å². The average molecular weight is 417 g/mol. The molecule has 1 fully saturated rings. The maximum Gasteiger partial charge on any atom is 0.411 e. The van der Waals surface area contributed by atoms with Gasteiger partial charge < -0.3 is 19.7 Å². The molecule has 31 heavy (non-hydrogen) atoms. The fourth-order valence-corrected chi connectivity index (χ4v) is 3.41. The van der Waals surface area contributed by atoms with Crippen LogP contribution in [0.4, 0.5) is 27.5 Å². The second-order valence-corrected chi connectivity index (χ2v) is 7.13. The van der Waals surface area contributed by atoms with Gasteiger partial charge in [0.25, 0.3) is 0 Å². The van der Waals surface area contributed by atoms with Crippen LogP contribution in [0.15, 0.2) is 78.9 Å². The van der Waals surface area contributed by atoms with Crippen molar-refractivity contribution in [2.75, 3.05) is 29.2 Å². The van der Waals surface area contributed by atoms with Gasteiger partial charge >= 0.3 is 6.09 Å². The highest BCUT2D eigenvalue weighted by molar-refractivity contribution is 5.96. The van der Waals surface area contributed by atoms with Crippen molar-refractivity contribution in [1.29, 1.82) is 0 Å². The first-order valence-electron chi connectivity index (χ1n) is 9.95. The zero-order chi connectivity index (χ0) is 21.6. The van der Waals surface area contributed by atoms with Gasteiger partial charge in [-0.1, -0.05) is 24.3 Å². The van der Waals surface area contributed by atoms with Crippen LogP contribution in [0.1, 0.15) is 6.42 Å². The number of nitrogens with one attached hydrogen (secondary N) is 2. The number of carbonyl (C=O) groups is 2. The summed E-state index contributed by atoms with van der Waals surface area (Å²) in [6, 6.07) is 24.4. The Labute approximate surface area is 180 Å². The van der Waals surface area contributed by atoms with Gasteiger partial charge in [-0.15, -0.1) is 0 Å². The van der Waals surface area contributed by atoms with Crippen molar-refractivity contribution in [3.63, 3.8) is 0 Å². The largest absolute Gasteiger partial charge is 0.497 e. The number of amides is 2. The van der Waals surface area contributed by atoms with Crippen molar-refractivity contribution >= 4 is 34.7 Å². The van der Waals surface area contributed by atoms with E-state index in [4.69, 9.17) is 9.47 Å². The zero-order valence-electron chi connectivity index (χ0n) is 17.1. The second kappa shape index (κ2) is 9.21. The van der Waals surface area contributed by atoms with Crippen LogP contribution < -0.4 is 20.3 Å². The fourth-order valence-electron chi connectivity index (χ4n) is 3.41. The lowest BCUT2D eigenvalue weighted by Gasteiger charge is -2.17. The molecule has 1 heterocycles. The van der Waals surface area contributed by atoms with Crippen molar-refractivity contribution in [2.45, 2.75) is 12.5 Å². The molecule has 0 spiro atoms. The smallest absolute Gasteiger partial charge is 0.411 e. The van der Waals surface area contributed by atoms with Crippen molar-refractivity contribution < 1.29 is 19.1 Å². The summed E-state index contributed by atoms with van der Waals surface area (Å²) in [5, 5.41) is 5.99. The third kappa shape index (κ3) is 5.14. The Kier molecular flexibility index (Phi) is 6.03. The van der Waals surface area contributed by atoms with Crippen LogP contribution in [0.3, 0.4) is 0 Å². The Hall–Kier alpha value is -4.00. The normalized spacial score (nSPS) is 15.5. The molecule has 3 aromatic rings. The summed E-state index contributed by atoms with van der Waals surface area (Å²) in [4.78, 5) is 26.3. The van der Waals surface area contributed by atoms with E-state index in [-0.39, 0.29) is 12.3 Å². The molecule has 2 N–H and O–H groups in total. The summed E-state index contributed by atoms with van der Waals surface area (Å²) in [5.41, 5.74) is 3.21. The molecule has 0 aromatic heterocycles. The van der Waals surface area contributed by atoms with E-state index in [2.05, 4.69) is 10.6 Å². The quantitative estimate of drug-likeness (QED) is 0.603. The molecule has 4 rings (SSSR count). The number of para-hydroxylation sites is 1. The molecule has 3 aromatic carbocycles. The first-order chi connectivity index (χ1) is 15.1. The van der Waals surface area contributed by atoms with E-state index in [1.54, 1.807) is 30.2 Å². The van der Waals surface area contributed by atoms with Crippen LogP contribution >= 0.6 is 0 Å². The lowest BCUT2D eigenvalue weighted by molar-refractivity contribution is -0.117. The monoisotopic (exact) mass is 417 g/mol. The number of methoxy groups -OCH3 is 1. The first-order valence-corrected chi connectivity index (χ1v) is 9.95. The van der Waals surface area contributed by atoms with Crippen LogP contribution in [0, 0.1) is 0 Å². The maximum absolute atomic E-state index is 12.4. The molecule has 1 aliphatic rings. The van der Waals surface area contributed by atoms with Crippen LogP contribution in [0.2, 0.25) is 0 Å². The van der Waals surface area contributed by atoms with Gasteiger partial charge in [-0.3, -0.25) is 10.1 Å². The van der Waals surface area contributed by atoms with Gasteiger partial charge in [0, 0.05) is 28.8 Å². The molecule has 0 radical (unpaired) electrons. The zero-order valence-corrected chi connectivity index (χ0v) is 17.1. The predicted octanol–water partition coefficient (Wildman–Crippen LogP) is 4.79. The van der Waals surface area contributed by atoms with Crippen molar-refractivity contribution in [2.24, 2.45) is 0 Å². The molecule has 2 amide bonds. The van der Waals surface area contributed by atoms with Gasteiger partial charge in [0.05, 0.1) is 20.1 Å². The fraction of sp³-hybridized carbons (Fsp3) is 0.167. The Balaban J connectivity index is 1.31. The molecular formula is C24H23N3O4. The van der Waals surface area contributed by atoms with Gasteiger partial charge in [0.2, 0.25) is 5.91 Å². The van der Waals surface area contributed by atoms with E-state index in [0.717, 1.165) is 17.1 Å². The van der Waals surface area contributed by atoms with Crippen LogP contribution in [-0.4, -0.2) is 31.8 Å². The summed E-state index contributed by atoms with van der Waals surface area (Å²) in [6.07, 6.45) is -0.961. The maximum atomic E-state index is 12.4. The lowest BCUT2D eigenvalue weighted by Crippen LogP contribution is -2.28. The summed E-state index contributed by atoms with van der Waals surface area (Å²) >= 11 is 0. The lowest BCUT2D eigenvalue weighted by atomic mass is 10.2. The summed E-state index contributed by atoms with van der Waals surface area (Å²) in [6.45, 7) is 0.305. The molecule has 1 aliphatic heterocycles. The molecule has 158 valence electrons. The van der Waals surface area contributed by atoms with E-state index in [0.29, 0.717) is 18.0 Å². The molecular weight excluding hydrogens is 394 g/mol. The van der Waals surface area contributed by atoms with Crippen LogP contribution in [0.5, 0.6) is 5.75 Å². The summed E-state index contributed by atoms with van der Waals surface area (Å²) in [7, 11) is 1.57. The number of hydrogen-bond acceptors (Lipinski definition) is 5. The summed E-state index contributed by atoms with van der Waals surface area (Å²) in [5.74, 6) is 0.569. The molecule has 0 aliphatic carbocycles. The van der Waals surface area contributed by atoms with E-state index >= 15 is 0 Å². The molecule has 7 nitrogen and oxygen atoms in total. The Morgan fingerprint density at radius 1 is 0.935 bits per heavy atom. The van der Waals surface area contributed by atoms with Crippen LogP contribution in [-0.2, 0) is 9.53 Å². The number of carbonyl (C=O) groups excluding carboxylic acids is 2.